The largest absolute Gasteiger partial charge is 0.276 e. The minimum Gasteiger partial charge on any atom is -0.276 e. The molecule has 4 nitrogen and oxygen atoms in total. The van der Waals surface area contributed by atoms with Crippen molar-refractivity contribution in [2.45, 2.75) is 11.8 Å². The Morgan fingerprint density at radius 2 is 1.74 bits per heavy atom. The van der Waals surface area contributed by atoms with E-state index in [4.69, 9.17) is 23.2 Å². The average Bonchev–Trinajstić information content (AvgIpc) is 2.52. The summed E-state index contributed by atoms with van der Waals surface area (Å²) in [6.45, 7) is 1.89. The van der Waals surface area contributed by atoms with E-state index in [-0.39, 0.29) is 15.6 Å². The molecule has 0 aliphatic heterocycles. The highest BCUT2D eigenvalue weighted by atomic mass is 35.5. The summed E-state index contributed by atoms with van der Waals surface area (Å²) in [5.74, 6) is 0. The summed E-state index contributed by atoms with van der Waals surface area (Å²) in [6.07, 6.45) is 1.55. The molecule has 0 unspecified atom stereocenters. The fourth-order valence-corrected chi connectivity index (χ4v) is 3.89. The molecule has 0 aliphatic carbocycles. The number of anilines is 1. The highest BCUT2D eigenvalue weighted by Crippen LogP contribution is 2.36. The number of pyridine rings is 1. The normalized spacial score (nSPS) is 11.6. The highest BCUT2D eigenvalue weighted by Gasteiger charge is 2.19. The van der Waals surface area contributed by atoms with E-state index in [2.05, 4.69) is 9.71 Å². The van der Waals surface area contributed by atoms with Crippen molar-refractivity contribution in [3.63, 3.8) is 0 Å². The molecular weight excluding hydrogens is 355 g/mol. The molecule has 1 aromatic heterocycles. The molecule has 0 bridgehead atoms. The van der Waals surface area contributed by atoms with Gasteiger partial charge in [0.2, 0.25) is 0 Å². The first kappa shape index (κ1) is 16.1. The molecule has 23 heavy (non-hydrogen) atoms. The number of rotatable bonds is 3. The van der Waals surface area contributed by atoms with Crippen molar-refractivity contribution in [1.29, 1.82) is 0 Å². The molecular formula is C16H12Cl2N2O2S. The second-order valence-electron chi connectivity index (χ2n) is 5.03. The summed E-state index contributed by atoms with van der Waals surface area (Å²) < 4.78 is 27.6. The van der Waals surface area contributed by atoms with Crippen LogP contribution in [0.25, 0.3) is 10.9 Å². The molecule has 0 aliphatic rings. The van der Waals surface area contributed by atoms with Gasteiger partial charge in [0.15, 0.2) is 0 Å². The van der Waals surface area contributed by atoms with Crippen molar-refractivity contribution in [2.24, 2.45) is 0 Å². The van der Waals surface area contributed by atoms with Crippen molar-refractivity contribution in [3.05, 3.63) is 64.3 Å². The Labute approximate surface area is 144 Å². The molecule has 7 heteroatoms. The van der Waals surface area contributed by atoms with Crippen molar-refractivity contribution >= 4 is 49.8 Å². The number of halogens is 2. The van der Waals surface area contributed by atoms with Gasteiger partial charge < -0.3 is 0 Å². The standard InChI is InChI=1S/C16H12Cl2N2O2S/c1-10-4-6-11(7-5-10)23(21,22)20-16-14(18)9-13(17)12-3-2-8-19-15(12)16/h2-9,20H,1H3. The van der Waals surface area contributed by atoms with Crippen LogP contribution in [0, 0.1) is 6.92 Å². The number of sulfonamides is 1. The number of benzene rings is 2. The van der Waals surface area contributed by atoms with E-state index in [1.165, 1.54) is 18.2 Å². The van der Waals surface area contributed by atoms with Crippen LogP contribution in [0.5, 0.6) is 0 Å². The van der Waals surface area contributed by atoms with Crippen LogP contribution in [-0.4, -0.2) is 13.4 Å². The molecule has 0 spiro atoms. The van der Waals surface area contributed by atoms with Gasteiger partial charge in [0.25, 0.3) is 10.0 Å². The van der Waals surface area contributed by atoms with E-state index in [1.807, 2.05) is 6.92 Å². The third-order valence-corrected chi connectivity index (χ3v) is 5.34. The Bertz CT molecular complexity index is 987. The Kier molecular flexibility index (Phi) is 4.19. The molecule has 0 radical (unpaired) electrons. The predicted octanol–water partition coefficient (Wildman–Crippen LogP) is 4.65. The molecule has 0 amide bonds. The second-order valence-corrected chi connectivity index (χ2v) is 7.53. The molecule has 1 heterocycles. The summed E-state index contributed by atoms with van der Waals surface area (Å²) in [7, 11) is -3.77. The number of aryl methyl sites for hydroxylation is 1. The maximum Gasteiger partial charge on any atom is 0.262 e. The van der Waals surface area contributed by atoms with Crippen LogP contribution in [0.4, 0.5) is 5.69 Å². The van der Waals surface area contributed by atoms with E-state index < -0.39 is 10.0 Å². The molecule has 3 rings (SSSR count). The van der Waals surface area contributed by atoms with Crippen LogP contribution in [0.1, 0.15) is 5.56 Å². The zero-order chi connectivity index (χ0) is 16.6. The van der Waals surface area contributed by atoms with Crippen molar-refractivity contribution in [2.75, 3.05) is 4.72 Å². The van der Waals surface area contributed by atoms with Crippen LogP contribution in [0.15, 0.2) is 53.6 Å². The van der Waals surface area contributed by atoms with Gasteiger partial charge in [0.1, 0.15) is 0 Å². The first-order valence-corrected chi connectivity index (χ1v) is 8.94. The Hall–Kier alpha value is -1.82. The predicted molar refractivity (Wildman–Crippen MR) is 93.8 cm³/mol. The Morgan fingerprint density at radius 3 is 2.43 bits per heavy atom. The monoisotopic (exact) mass is 366 g/mol. The van der Waals surface area contributed by atoms with Crippen LogP contribution >= 0.6 is 23.2 Å². The van der Waals surface area contributed by atoms with Gasteiger partial charge in [-0.2, -0.15) is 0 Å². The summed E-state index contributed by atoms with van der Waals surface area (Å²) in [4.78, 5) is 4.35. The number of nitrogens with one attached hydrogen (secondary N) is 1. The molecule has 3 aromatic rings. The lowest BCUT2D eigenvalue weighted by molar-refractivity contribution is 0.601. The zero-order valence-corrected chi connectivity index (χ0v) is 14.4. The lowest BCUT2D eigenvalue weighted by Gasteiger charge is -2.13. The number of hydrogen-bond donors (Lipinski definition) is 1. The van der Waals surface area contributed by atoms with E-state index in [9.17, 15) is 8.42 Å². The molecule has 2 aromatic carbocycles. The molecule has 118 valence electrons. The lowest BCUT2D eigenvalue weighted by atomic mass is 10.2. The molecule has 0 saturated carbocycles. The minimum absolute atomic E-state index is 0.151. The molecule has 0 fully saturated rings. The summed E-state index contributed by atoms with van der Waals surface area (Å²) in [5, 5.41) is 1.23. The van der Waals surface area contributed by atoms with Gasteiger partial charge in [-0.25, -0.2) is 8.42 Å². The zero-order valence-electron chi connectivity index (χ0n) is 12.0. The van der Waals surface area contributed by atoms with Crippen LogP contribution in [0.2, 0.25) is 10.0 Å². The van der Waals surface area contributed by atoms with Gasteiger partial charge in [-0.1, -0.05) is 40.9 Å². The molecule has 0 atom stereocenters. The third-order valence-electron chi connectivity index (χ3n) is 3.36. The molecule has 0 saturated heterocycles. The summed E-state index contributed by atoms with van der Waals surface area (Å²) >= 11 is 12.3. The minimum atomic E-state index is -3.77. The van der Waals surface area contributed by atoms with Crippen LogP contribution < -0.4 is 4.72 Å². The average molecular weight is 367 g/mol. The number of nitrogens with zero attached hydrogens (tertiary/aromatic N) is 1. The van der Waals surface area contributed by atoms with Gasteiger partial charge in [-0.15, -0.1) is 0 Å². The maximum absolute atomic E-state index is 12.6. The van der Waals surface area contributed by atoms with E-state index in [0.717, 1.165) is 5.56 Å². The first-order valence-electron chi connectivity index (χ1n) is 6.71. The fourth-order valence-electron chi connectivity index (χ4n) is 2.18. The fraction of sp³-hybridized carbons (Fsp3) is 0.0625. The second kappa shape index (κ2) is 6.00. The van der Waals surface area contributed by atoms with E-state index in [0.29, 0.717) is 15.9 Å². The Morgan fingerprint density at radius 1 is 1.04 bits per heavy atom. The third kappa shape index (κ3) is 3.13. The van der Waals surface area contributed by atoms with Crippen molar-refractivity contribution in [1.82, 2.24) is 4.98 Å². The van der Waals surface area contributed by atoms with Crippen molar-refractivity contribution < 1.29 is 8.42 Å². The summed E-state index contributed by atoms with van der Waals surface area (Å²) in [5.41, 5.74) is 1.59. The van der Waals surface area contributed by atoms with Crippen LogP contribution in [0.3, 0.4) is 0 Å². The van der Waals surface area contributed by atoms with Crippen molar-refractivity contribution in [3.8, 4) is 0 Å². The number of aromatic nitrogens is 1. The molecule has 1 N–H and O–H groups in total. The Balaban J connectivity index is 2.13. The SMILES string of the molecule is Cc1ccc(S(=O)(=O)Nc2c(Cl)cc(Cl)c3cccnc23)cc1. The van der Waals surface area contributed by atoms with E-state index in [1.54, 1.807) is 30.5 Å². The first-order chi connectivity index (χ1) is 10.9. The summed E-state index contributed by atoms with van der Waals surface area (Å²) in [6, 6.07) is 11.5. The van der Waals surface area contributed by atoms with Gasteiger partial charge in [0.05, 0.1) is 26.1 Å². The van der Waals surface area contributed by atoms with Gasteiger partial charge in [0, 0.05) is 11.6 Å². The van der Waals surface area contributed by atoms with E-state index >= 15 is 0 Å². The van der Waals surface area contributed by atoms with Gasteiger partial charge >= 0.3 is 0 Å². The lowest BCUT2D eigenvalue weighted by Crippen LogP contribution is -2.14. The van der Waals surface area contributed by atoms with Crippen LogP contribution in [-0.2, 0) is 10.0 Å². The van der Waals surface area contributed by atoms with Gasteiger partial charge in [-0.3, -0.25) is 9.71 Å². The quantitative estimate of drug-likeness (QED) is 0.733. The maximum atomic E-state index is 12.6. The number of fused-ring (bicyclic) bond motifs is 1. The smallest absolute Gasteiger partial charge is 0.262 e. The van der Waals surface area contributed by atoms with Gasteiger partial charge in [-0.05, 0) is 37.3 Å². The topological polar surface area (TPSA) is 59.1 Å². The highest BCUT2D eigenvalue weighted by molar-refractivity contribution is 7.92. The number of hydrogen-bond acceptors (Lipinski definition) is 3.